The molecular weight excluding hydrogens is 354 g/mol. The van der Waals surface area contributed by atoms with Crippen LogP contribution in [0.3, 0.4) is 0 Å². The standard InChI is InChI=1S/C21H23N5O2/c1-14-20(15(2)28-25-14)19-11-18(23-13-24-19)10-16-5-8-26(9-6-16)21(27)17-4-3-7-22-12-17/h3-4,7,11-13,16H,5-6,8-10H2,1-2H3. The smallest absolute Gasteiger partial charge is 0.255 e. The summed E-state index contributed by atoms with van der Waals surface area (Å²) >= 11 is 0. The average molecular weight is 377 g/mol. The Labute approximate surface area is 163 Å². The largest absolute Gasteiger partial charge is 0.361 e. The minimum absolute atomic E-state index is 0.0641. The average Bonchev–Trinajstić information content (AvgIpc) is 3.07. The minimum atomic E-state index is 0.0641. The van der Waals surface area contributed by atoms with Gasteiger partial charge >= 0.3 is 0 Å². The molecule has 4 rings (SSSR count). The molecule has 7 nitrogen and oxygen atoms in total. The van der Waals surface area contributed by atoms with Crippen LogP contribution in [0.1, 0.15) is 40.3 Å². The molecule has 0 N–H and O–H groups in total. The lowest BCUT2D eigenvalue weighted by Crippen LogP contribution is -2.39. The molecule has 0 aliphatic carbocycles. The lowest BCUT2D eigenvalue weighted by atomic mass is 9.91. The molecule has 0 unspecified atom stereocenters. The molecule has 0 aromatic carbocycles. The van der Waals surface area contributed by atoms with Crippen molar-refractivity contribution in [1.82, 2.24) is 25.0 Å². The van der Waals surface area contributed by atoms with Crippen LogP contribution in [-0.2, 0) is 6.42 Å². The Morgan fingerprint density at radius 3 is 2.75 bits per heavy atom. The quantitative estimate of drug-likeness (QED) is 0.694. The van der Waals surface area contributed by atoms with Crippen molar-refractivity contribution in [2.45, 2.75) is 33.1 Å². The second-order valence-corrected chi connectivity index (χ2v) is 7.28. The number of amides is 1. The first kappa shape index (κ1) is 18.3. The number of likely N-dealkylation sites (tertiary alicyclic amines) is 1. The fourth-order valence-corrected chi connectivity index (χ4v) is 3.80. The maximum atomic E-state index is 12.6. The summed E-state index contributed by atoms with van der Waals surface area (Å²) in [6.07, 6.45) is 7.74. The highest BCUT2D eigenvalue weighted by atomic mass is 16.5. The monoisotopic (exact) mass is 377 g/mol. The van der Waals surface area contributed by atoms with Gasteiger partial charge in [-0.3, -0.25) is 9.78 Å². The SMILES string of the molecule is Cc1noc(C)c1-c1cc(CC2CCN(C(=O)c3cccnc3)CC2)ncn1. The molecule has 3 aromatic heterocycles. The molecule has 1 aliphatic heterocycles. The molecule has 0 saturated carbocycles. The van der Waals surface area contributed by atoms with Crippen LogP contribution in [0.4, 0.5) is 0 Å². The normalized spacial score (nSPS) is 15.0. The fourth-order valence-electron chi connectivity index (χ4n) is 3.80. The summed E-state index contributed by atoms with van der Waals surface area (Å²) in [5.74, 6) is 1.34. The molecule has 3 aromatic rings. The Morgan fingerprint density at radius 2 is 2.07 bits per heavy atom. The summed E-state index contributed by atoms with van der Waals surface area (Å²) in [6, 6.07) is 5.64. The molecule has 1 fully saturated rings. The maximum absolute atomic E-state index is 12.6. The van der Waals surface area contributed by atoms with Crippen LogP contribution in [0.25, 0.3) is 11.3 Å². The lowest BCUT2D eigenvalue weighted by molar-refractivity contribution is 0.0690. The molecule has 0 atom stereocenters. The van der Waals surface area contributed by atoms with Gasteiger partial charge in [0.05, 0.1) is 22.5 Å². The number of nitrogens with zero attached hydrogens (tertiary/aromatic N) is 5. The van der Waals surface area contributed by atoms with Crippen LogP contribution < -0.4 is 0 Å². The molecule has 0 radical (unpaired) electrons. The first-order valence-electron chi connectivity index (χ1n) is 9.55. The maximum Gasteiger partial charge on any atom is 0.255 e. The number of piperidine rings is 1. The van der Waals surface area contributed by atoms with Gasteiger partial charge in [-0.15, -0.1) is 0 Å². The molecule has 28 heavy (non-hydrogen) atoms. The Bertz CT molecular complexity index is 942. The Kier molecular flexibility index (Phi) is 5.14. The number of carbonyl (C=O) groups is 1. The first-order chi connectivity index (χ1) is 13.6. The van der Waals surface area contributed by atoms with Gasteiger partial charge in [-0.1, -0.05) is 5.16 Å². The van der Waals surface area contributed by atoms with Crippen molar-refractivity contribution in [1.29, 1.82) is 0 Å². The zero-order valence-electron chi connectivity index (χ0n) is 16.1. The van der Waals surface area contributed by atoms with Crippen molar-refractivity contribution < 1.29 is 9.32 Å². The second kappa shape index (κ2) is 7.88. The number of aromatic nitrogens is 4. The van der Waals surface area contributed by atoms with Crippen LogP contribution in [-0.4, -0.2) is 44.0 Å². The third-order valence-corrected chi connectivity index (χ3v) is 5.32. The first-order valence-corrected chi connectivity index (χ1v) is 9.55. The third kappa shape index (κ3) is 3.78. The topological polar surface area (TPSA) is 85.0 Å². The van der Waals surface area contributed by atoms with Gasteiger partial charge in [0.1, 0.15) is 12.1 Å². The van der Waals surface area contributed by atoms with E-state index in [1.54, 1.807) is 24.8 Å². The summed E-state index contributed by atoms with van der Waals surface area (Å²) in [5, 5.41) is 4.01. The fraction of sp³-hybridized carbons (Fsp3) is 0.381. The van der Waals surface area contributed by atoms with Crippen molar-refractivity contribution >= 4 is 5.91 Å². The van der Waals surface area contributed by atoms with E-state index in [1.165, 1.54) is 0 Å². The summed E-state index contributed by atoms with van der Waals surface area (Å²) in [5.41, 5.74) is 4.30. The van der Waals surface area contributed by atoms with E-state index in [4.69, 9.17) is 4.52 Å². The van der Waals surface area contributed by atoms with Gasteiger partial charge in [0.2, 0.25) is 0 Å². The van der Waals surface area contributed by atoms with Gasteiger partial charge < -0.3 is 9.42 Å². The van der Waals surface area contributed by atoms with Gasteiger partial charge in [-0.2, -0.15) is 0 Å². The number of pyridine rings is 1. The van der Waals surface area contributed by atoms with Gasteiger partial charge in [0, 0.05) is 31.2 Å². The Morgan fingerprint density at radius 1 is 1.25 bits per heavy atom. The summed E-state index contributed by atoms with van der Waals surface area (Å²) in [6.45, 7) is 5.34. The van der Waals surface area contributed by atoms with Crippen LogP contribution in [0, 0.1) is 19.8 Å². The summed E-state index contributed by atoms with van der Waals surface area (Å²) in [4.78, 5) is 27.4. The molecule has 7 heteroatoms. The van der Waals surface area contributed by atoms with Gasteiger partial charge in [-0.05, 0) is 57.2 Å². The zero-order valence-corrected chi connectivity index (χ0v) is 16.1. The highest BCUT2D eigenvalue weighted by Crippen LogP contribution is 2.27. The van der Waals surface area contributed by atoms with Crippen LogP contribution in [0.2, 0.25) is 0 Å². The van der Waals surface area contributed by atoms with Crippen molar-refractivity contribution in [2.75, 3.05) is 13.1 Å². The number of hydrogen-bond acceptors (Lipinski definition) is 6. The number of carbonyl (C=O) groups excluding carboxylic acids is 1. The molecular formula is C21H23N5O2. The predicted octanol–water partition coefficient (Wildman–Crippen LogP) is 3.24. The van der Waals surface area contributed by atoms with Crippen LogP contribution in [0.15, 0.2) is 41.4 Å². The van der Waals surface area contributed by atoms with E-state index < -0.39 is 0 Å². The van der Waals surface area contributed by atoms with Crippen LogP contribution >= 0.6 is 0 Å². The molecule has 4 heterocycles. The lowest BCUT2D eigenvalue weighted by Gasteiger charge is -2.32. The predicted molar refractivity (Wildman–Crippen MR) is 104 cm³/mol. The van der Waals surface area contributed by atoms with E-state index in [9.17, 15) is 4.79 Å². The van der Waals surface area contributed by atoms with E-state index in [0.29, 0.717) is 11.5 Å². The highest BCUT2D eigenvalue weighted by molar-refractivity contribution is 5.93. The van der Waals surface area contributed by atoms with E-state index in [-0.39, 0.29) is 5.91 Å². The molecule has 0 bridgehead atoms. The number of aryl methyl sites for hydroxylation is 2. The van der Waals surface area contributed by atoms with E-state index in [1.807, 2.05) is 30.9 Å². The van der Waals surface area contributed by atoms with E-state index in [0.717, 1.165) is 60.8 Å². The second-order valence-electron chi connectivity index (χ2n) is 7.28. The zero-order chi connectivity index (χ0) is 19.5. The molecule has 1 amide bonds. The van der Waals surface area contributed by atoms with E-state index >= 15 is 0 Å². The molecule has 1 saturated heterocycles. The van der Waals surface area contributed by atoms with Crippen molar-refractivity contribution in [2.24, 2.45) is 5.92 Å². The van der Waals surface area contributed by atoms with Crippen molar-refractivity contribution in [3.8, 4) is 11.3 Å². The summed E-state index contributed by atoms with van der Waals surface area (Å²) in [7, 11) is 0. The van der Waals surface area contributed by atoms with Gasteiger partial charge in [-0.25, -0.2) is 9.97 Å². The van der Waals surface area contributed by atoms with Crippen LogP contribution in [0.5, 0.6) is 0 Å². The van der Waals surface area contributed by atoms with E-state index in [2.05, 4.69) is 20.1 Å². The molecule has 144 valence electrons. The number of hydrogen-bond donors (Lipinski definition) is 0. The summed E-state index contributed by atoms with van der Waals surface area (Å²) < 4.78 is 5.26. The van der Waals surface area contributed by atoms with Crippen molar-refractivity contribution in [3.05, 3.63) is 59.6 Å². The van der Waals surface area contributed by atoms with Gasteiger partial charge in [0.25, 0.3) is 5.91 Å². The minimum Gasteiger partial charge on any atom is -0.361 e. The number of rotatable bonds is 4. The highest BCUT2D eigenvalue weighted by Gasteiger charge is 2.24. The molecule has 0 spiro atoms. The third-order valence-electron chi connectivity index (χ3n) is 5.32. The Hall–Kier alpha value is -3.09. The van der Waals surface area contributed by atoms with Gasteiger partial charge in [0.15, 0.2) is 0 Å². The molecule has 1 aliphatic rings. The van der Waals surface area contributed by atoms with Crippen molar-refractivity contribution in [3.63, 3.8) is 0 Å². The Balaban J connectivity index is 1.39.